The molecule has 0 fully saturated rings. The predicted octanol–water partition coefficient (Wildman–Crippen LogP) is 2.64. The minimum atomic E-state index is -0.187. The van der Waals surface area contributed by atoms with Crippen molar-refractivity contribution in [2.24, 2.45) is 0 Å². The summed E-state index contributed by atoms with van der Waals surface area (Å²) < 4.78 is 10.6. The topological polar surface area (TPSA) is 64.6 Å². The van der Waals surface area contributed by atoms with Gasteiger partial charge in [-0.3, -0.25) is 9.59 Å². The van der Waals surface area contributed by atoms with Crippen molar-refractivity contribution in [3.8, 4) is 11.5 Å². The Morgan fingerprint density at radius 3 is 2.46 bits per heavy atom. The molecule has 0 heterocycles. The van der Waals surface area contributed by atoms with Gasteiger partial charge in [0.15, 0.2) is 12.4 Å². The van der Waals surface area contributed by atoms with Crippen LogP contribution in [-0.4, -0.2) is 32.0 Å². The number of carbonyl (C=O) groups excluding carboxylic acids is 2. The summed E-state index contributed by atoms with van der Waals surface area (Å²) in [7, 11) is 1.63. The highest BCUT2D eigenvalue weighted by molar-refractivity contribution is 5.94. The number of ketones is 1. The monoisotopic (exact) mass is 327 g/mol. The first-order chi connectivity index (χ1) is 11.6. The van der Waals surface area contributed by atoms with Gasteiger partial charge in [0.05, 0.1) is 7.11 Å². The lowest BCUT2D eigenvalue weighted by atomic mass is 10.1. The third-order valence-electron chi connectivity index (χ3n) is 3.50. The van der Waals surface area contributed by atoms with Gasteiger partial charge in [-0.1, -0.05) is 12.1 Å². The lowest BCUT2D eigenvalue weighted by Gasteiger charge is -2.08. The van der Waals surface area contributed by atoms with Crippen molar-refractivity contribution in [2.75, 3.05) is 20.3 Å². The minimum Gasteiger partial charge on any atom is -0.497 e. The van der Waals surface area contributed by atoms with Crippen molar-refractivity contribution in [1.82, 2.24) is 5.32 Å². The Kier molecular flexibility index (Phi) is 6.37. The van der Waals surface area contributed by atoms with Gasteiger partial charge >= 0.3 is 0 Å². The van der Waals surface area contributed by atoms with E-state index in [1.165, 1.54) is 6.92 Å². The zero-order valence-electron chi connectivity index (χ0n) is 13.9. The Labute approximate surface area is 141 Å². The van der Waals surface area contributed by atoms with Crippen molar-refractivity contribution in [3.63, 3.8) is 0 Å². The lowest BCUT2D eigenvalue weighted by molar-refractivity contribution is -0.123. The molecule has 0 saturated heterocycles. The summed E-state index contributed by atoms with van der Waals surface area (Å²) in [4.78, 5) is 23.0. The Bertz CT molecular complexity index is 695. The van der Waals surface area contributed by atoms with E-state index in [2.05, 4.69) is 5.32 Å². The second kappa shape index (κ2) is 8.72. The molecule has 5 nitrogen and oxygen atoms in total. The van der Waals surface area contributed by atoms with E-state index in [4.69, 9.17) is 9.47 Å². The minimum absolute atomic E-state index is 0.00293. The molecule has 24 heavy (non-hydrogen) atoms. The highest BCUT2D eigenvalue weighted by Gasteiger charge is 2.04. The van der Waals surface area contributed by atoms with E-state index in [0.717, 1.165) is 17.7 Å². The standard InChI is InChI=1S/C19H21NO4/c1-14(21)16-6-8-17(9-7-16)24-13-19(22)20-11-10-15-4-3-5-18(12-15)23-2/h3-9,12H,10-11,13H2,1-2H3,(H,20,22). The molecule has 0 saturated carbocycles. The molecule has 0 bridgehead atoms. The molecular weight excluding hydrogens is 306 g/mol. The van der Waals surface area contributed by atoms with Gasteiger partial charge in [-0.25, -0.2) is 0 Å². The Morgan fingerprint density at radius 1 is 1.04 bits per heavy atom. The molecule has 0 atom stereocenters. The summed E-state index contributed by atoms with van der Waals surface area (Å²) in [5.74, 6) is 1.17. The van der Waals surface area contributed by atoms with Gasteiger partial charge in [0.1, 0.15) is 11.5 Å². The zero-order valence-corrected chi connectivity index (χ0v) is 13.9. The lowest BCUT2D eigenvalue weighted by Crippen LogP contribution is -2.30. The Balaban J connectivity index is 1.72. The van der Waals surface area contributed by atoms with E-state index >= 15 is 0 Å². The fourth-order valence-electron chi connectivity index (χ4n) is 2.16. The molecule has 2 aromatic rings. The third-order valence-corrected chi connectivity index (χ3v) is 3.50. The number of hydrogen-bond acceptors (Lipinski definition) is 4. The van der Waals surface area contributed by atoms with E-state index in [9.17, 15) is 9.59 Å². The van der Waals surface area contributed by atoms with Crippen molar-refractivity contribution < 1.29 is 19.1 Å². The second-order valence-corrected chi connectivity index (χ2v) is 5.32. The van der Waals surface area contributed by atoms with Crippen LogP contribution in [0.1, 0.15) is 22.8 Å². The largest absolute Gasteiger partial charge is 0.497 e. The van der Waals surface area contributed by atoms with Gasteiger partial charge in [0.2, 0.25) is 0 Å². The number of benzene rings is 2. The van der Waals surface area contributed by atoms with Crippen molar-refractivity contribution in [1.29, 1.82) is 0 Å². The highest BCUT2D eigenvalue weighted by atomic mass is 16.5. The fourth-order valence-corrected chi connectivity index (χ4v) is 2.16. The number of carbonyl (C=O) groups is 2. The van der Waals surface area contributed by atoms with E-state index in [1.54, 1.807) is 31.4 Å². The molecule has 1 amide bonds. The molecule has 0 aliphatic heterocycles. The van der Waals surface area contributed by atoms with Crippen LogP contribution in [0.5, 0.6) is 11.5 Å². The summed E-state index contributed by atoms with van der Waals surface area (Å²) in [6.45, 7) is 1.97. The van der Waals surface area contributed by atoms with Gasteiger partial charge in [-0.15, -0.1) is 0 Å². The number of amides is 1. The average molecular weight is 327 g/mol. The first-order valence-corrected chi connectivity index (χ1v) is 7.72. The van der Waals surface area contributed by atoms with Crippen LogP contribution in [0.25, 0.3) is 0 Å². The molecule has 0 unspecified atom stereocenters. The Hall–Kier alpha value is -2.82. The summed E-state index contributed by atoms with van der Waals surface area (Å²) in [5.41, 5.74) is 1.71. The van der Waals surface area contributed by atoms with E-state index in [-0.39, 0.29) is 18.3 Å². The maximum absolute atomic E-state index is 11.8. The molecule has 0 aromatic heterocycles. The van der Waals surface area contributed by atoms with Gasteiger partial charge in [0, 0.05) is 12.1 Å². The van der Waals surface area contributed by atoms with Crippen LogP contribution >= 0.6 is 0 Å². The molecule has 0 aliphatic rings. The van der Waals surface area contributed by atoms with E-state index in [1.807, 2.05) is 24.3 Å². The number of hydrogen-bond donors (Lipinski definition) is 1. The number of rotatable bonds is 8. The van der Waals surface area contributed by atoms with Crippen LogP contribution < -0.4 is 14.8 Å². The smallest absolute Gasteiger partial charge is 0.257 e. The average Bonchev–Trinajstić information content (AvgIpc) is 2.60. The zero-order chi connectivity index (χ0) is 17.4. The van der Waals surface area contributed by atoms with Crippen LogP contribution in [0.3, 0.4) is 0 Å². The Morgan fingerprint density at radius 2 is 1.79 bits per heavy atom. The first-order valence-electron chi connectivity index (χ1n) is 7.72. The second-order valence-electron chi connectivity index (χ2n) is 5.32. The quantitative estimate of drug-likeness (QED) is 0.757. The number of Topliss-reactive ketones (excluding diaryl/α,β-unsaturated/α-hetero) is 1. The molecular formula is C19H21NO4. The number of methoxy groups -OCH3 is 1. The van der Waals surface area contributed by atoms with Crippen LogP contribution in [0.2, 0.25) is 0 Å². The predicted molar refractivity (Wildman–Crippen MR) is 91.6 cm³/mol. The SMILES string of the molecule is COc1cccc(CCNC(=O)COc2ccc(C(C)=O)cc2)c1. The number of nitrogens with one attached hydrogen (secondary N) is 1. The van der Waals surface area contributed by atoms with Crippen LogP contribution in [0.4, 0.5) is 0 Å². The van der Waals surface area contributed by atoms with Gasteiger partial charge in [0.25, 0.3) is 5.91 Å². The first kappa shape index (κ1) is 17.5. The normalized spacial score (nSPS) is 10.1. The van der Waals surface area contributed by atoms with Crippen LogP contribution in [0.15, 0.2) is 48.5 Å². The molecule has 1 N–H and O–H groups in total. The molecule has 126 valence electrons. The van der Waals surface area contributed by atoms with Crippen LogP contribution in [-0.2, 0) is 11.2 Å². The maximum atomic E-state index is 11.8. The molecule has 0 aliphatic carbocycles. The number of ether oxygens (including phenoxy) is 2. The molecule has 5 heteroatoms. The summed E-state index contributed by atoms with van der Waals surface area (Å²) >= 11 is 0. The van der Waals surface area contributed by atoms with Crippen molar-refractivity contribution in [2.45, 2.75) is 13.3 Å². The van der Waals surface area contributed by atoms with Crippen molar-refractivity contribution >= 4 is 11.7 Å². The summed E-state index contributed by atoms with van der Waals surface area (Å²) in [5, 5.41) is 2.81. The van der Waals surface area contributed by atoms with E-state index in [0.29, 0.717) is 17.9 Å². The molecule has 0 spiro atoms. The third kappa shape index (κ3) is 5.43. The summed E-state index contributed by atoms with van der Waals surface area (Å²) in [6, 6.07) is 14.5. The van der Waals surface area contributed by atoms with Gasteiger partial charge in [-0.2, -0.15) is 0 Å². The maximum Gasteiger partial charge on any atom is 0.257 e. The molecule has 2 aromatic carbocycles. The van der Waals surface area contributed by atoms with Crippen LogP contribution in [0, 0.1) is 0 Å². The van der Waals surface area contributed by atoms with Gasteiger partial charge < -0.3 is 14.8 Å². The molecule has 2 rings (SSSR count). The fraction of sp³-hybridized carbons (Fsp3) is 0.263. The van der Waals surface area contributed by atoms with Crippen molar-refractivity contribution in [3.05, 3.63) is 59.7 Å². The highest BCUT2D eigenvalue weighted by Crippen LogP contribution is 2.13. The van der Waals surface area contributed by atoms with E-state index < -0.39 is 0 Å². The molecule has 0 radical (unpaired) electrons. The van der Waals surface area contributed by atoms with Gasteiger partial charge in [-0.05, 0) is 55.3 Å². The summed E-state index contributed by atoms with van der Waals surface area (Å²) in [6.07, 6.45) is 0.719.